The summed E-state index contributed by atoms with van der Waals surface area (Å²) < 4.78 is 15.4. The van der Waals surface area contributed by atoms with Gasteiger partial charge in [-0.3, -0.25) is 4.79 Å². The molecule has 0 aliphatic carbocycles. The fourth-order valence-electron chi connectivity index (χ4n) is 2.33. The second-order valence-corrected chi connectivity index (χ2v) is 4.31. The van der Waals surface area contributed by atoms with E-state index in [9.17, 15) is 10.1 Å². The molecule has 106 valence electrons. The Bertz CT molecular complexity index is 565. The Balaban J connectivity index is 2.50. The van der Waals surface area contributed by atoms with Gasteiger partial charge in [0.05, 0.1) is 32.5 Å². The van der Waals surface area contributed by atoms with Crippen LogP contribution < -0.4 is 9.47 Å². The molecular formula is C14H16N2O4. The monoisotopic (exact) mass is 276 g/mol. The molecule has 0 saturated carbocycles. The number of hydrogen-bond acceptors (Lipinski definition) is 5. The molecule has 0 bridgehead atoms. The van der Waals surface area contributed by atoms with Gasteiger partial charge in [0.2, 0.25) is 0 Å². The van der Waals surface area contributed by atoms with Crippen molar-refractivity contribution < 1.29 is 19.0 Å². The Kier molecular flexibility index (Phi) is 4.11. The summed E-state index contributed by atoms with van der Waals surface area (Å²) in [6.07, 6.45) is 0. The summed E-state index contributed by atoms with van der Waals surface area (Å²) in [6, 6.07) is 4.80. The van der Waals surface area contributed by atoms with E-state index in [-0.39, 0.29) is 5.91 Å². The number of methoxy groups -OCH3 is 3. The van der Waals surface area contributed by atoms with Crippen molar-refractivity contribution >= 4 is 5.91 Å². The molecule has 1 aromatic carbocycles. The average Bonchev–Trinajstić information content (AvgIpc) is 2.76. The molecule has 0 spiro atoms. The summed E-state index contributed by atoms with van der Waals surface area (Å²) in [5.74, 6) is 0.805. The van der Waals surface area contributed by atoms with Crippen molar-refractivity contribution in [2.24, 2.45) is 0 Å². The second kappa shape index (κ2) is 5.80. The molecule has 2 rings (SSSR count). The van der Waals surface area contributed by atoms with Gasteiger partial charge in [-0.05, 0) is 6.07 Å². The number of hydrogen-bond donors (Lipinski definition) is 0. The minimum absolute atomic E-state index is 0.208. The highest BCUT2D eigenvalue weighted by molar-refractivity contribution is 6.01. The van der Waals surface area contributed by atoms with Gasteiger partial charge in [0.15, 0.2) is 0 Å². The van der Waals surface area contributed by atoms with Crippen LogP contribution in [0.4, 0.5) is 0 Å². The van der Waals surface area contributed by atoms with Gasteiger partial charge in [-0.15, -0.1) is 0 Å². The van der Waals surface area contributed by atoms with Crippen LogP contribution >= 0.6 is 0 Å². The number of benzene rings is 1. The third-order valence-corrected chi connectivity index (χ3v) is 3.31. The lowest BCUT2D eigenvalue weighted by Gasteiger charge is -2.19. The number of rotatable bonds is 5. The molecule has 20 heavy (non-hydrogen) atoms. The number of fused-ring (bicyclic) bond motifs is 1. The summed E-state index contributed by atoms with van der Waals surface area (Å²) >= 11 is 0. The zero-order valence-electron chi connectivity index (χ0n) is 11.7. The number of carbonyl (C=O) groups is 1. The third kappa shape index (κ3) is 2.17. The van der Waals surface area contributed by atoms with Gasteiger partial charge >= 0.3 is 0 Å². The van der Waals surface area contributed by atoms with Gasteiger partial charge in [0.1, 0.15) is 17.5 Å². The van der Waals surface area contributed by atoms with Crippen molar-refractivity contribution in [1.29, 1.82) is 5.26 Å². The van der Waals surface area contributed by atoms with E-state index in [4.69, 9.17) is 14.2 Å². The van der Waals surface area contributed by atoms with Crippen LogP contribution in [0.5, 0.6) is 11.5 Å². The molecule has 1 aliphatic heterocycles. The lowest BCUT2D eigenvalue weighted by Crippen LogP contribution is -2.30. The highest BCUT2D eigenvalue weighted by Crippen LogP contribution is 2.41. The SMILES string of the molecule is COCCN1C(=O)c2cc(OC)cc(OC)c2C1C#N. The Labute approximate surface area is 117 Å². The Hall–Kier alpha value is -2.26. The molecule has 0 aromatic heterocycles. The molecule has 6 nitrogen and oxygen atoms in total. The molecule has 0 N–H and O–H groups in total. The maximum absolute atomic E-state index is 12.4. The topological polar surface area (TPSA) is 71.8 Å². The molecular weight excluding hydrogens is 260 g/mol. The maximum Gasteiger partial charge on any atom is 0.255 e. The molecule has 0 saturated heterocycles. The molecule has 1 amide bonds. The number of nitriles is 1. The van der Waals surface area contributed by atoms with Crippen LogP contribution in [0, 0.1) is 11.3 Å². The summed E-state index contributed by atoms with van der Waals surface area (Å²) in [5.41, 5.74) is 1.04. The first-order valence-corrected chi connectivity index (χ1v) is 6.13. The highest BCUT2D eigenvalue weighted by Gasteiger charge is 2.39. The molecule has 1 heterocycles. The van der Waals surface area contributed by atoms with Crippen LogP contribution in [-0.2, 0) is 4.74 Å². The van der Waals surface area contributed by atoms with Gasteiger partial charge < -0.3 is 19.1 Å². The average molecular weight is 276 g/mol. The molecule has 0 radical (unpaired) electrons. The minimum atomic E-state index is -0.659. The highest BCUT2D eigenvalue weighted by atomic mass is 16.5. The number of carbonyl (C=O) groups excluding carboxylic acids is 1. The Morgan fingerprint density at radius 2 is 2.05 bits per heavy atom. The van der Waals surface area contributed by atoms with Crippen LogP contribution in [0.3, 0.4) is 0 Å². The molecule has 6 heteroatoms. The van der Waals surface area contributed by atoms with Crippen molar-refractivity contribution in [2.75, 3.05) is 34.5 Å². The zero-order chi connectivity index (χ0) is 14.7. The fraction of sp³-hybridized carbons (Fsp3) is 0.429. The Morgan fingerprint density at radius 3 is 2.60 bits per heavy atom. The lowest BCUT2D eigenvalue weighted by atomic mass is 10.0. The van der Waals surface area contributed by atoms with Crippen molar-refractivity contribution in [3.63, 3.8) is 0 Å². The third-order valence-electron chi connectivity index (χ3n) is 3.31. The van der Waals surface area contributed by atoms with Crippen molar-refractivity contribution in [3.8, 4) is 17.6 Å². The fourth-order valence-corrected chi connectivity index (χ4v) is 2.33. The van der Waals surface area contributed by atoms with Crippen molar-refractivity contribution in [2.45, 2.75) is 6.04 Å². The van der Waals surface area contributed by atoms with E-state index in [1.54, 1.807) is 19.2 Å². The molecule has 0 fully saturated rings. The smallest absolute Gasteiger partial charge is 0.255 e. The van der Waals surface area contributed by atoms with E-state index in [1.807, 2.05) is 0 Å². The zero-order valence-corrected chi connectivity index (χ0v) is 11.7. The van der Waals surface area contributed by atoms with Crippen LogP contribution in [0.15, 0.2) is 12.1 Å². The maximum atomic E-state index is 12.4. The molecule has 1 aliphatic rings. The summed E-state index contributed by atoms with van der Waals surface area (Å²) in [7, 11) is 4.58. The van der Waals surface area contributed by atoms with Crippen LogP contribution in [0.2, 0.25) is 0 Å². The first kappa shape index (κ1) is 14.2. The van der Waals surface area contributed by atoms with Gasteiger partial charge in [0.25, 0.3) is 5.91 Å². The summed E-state index contributed by atoms with van der Waals surface area (Å²) in [5, 5.41) is 9.38. The number of amides is 1. The molecule has 1 aromatic rings. The Morgan fingerprint density at radius 1 is 1.30 bits per heavy atom. The van der Waals surface area contributed by atoms with Gasteiger partial charge in [-0.25, -0.2) is 0 Å². The van der Waals surface area contributed by atoms with E-state index in [0.717, 1.165) is 0 Å². The quantitative estimate of drug-likeness (QED) is 0.812. The normalized spacial score (nSPS) is 16.8. The predicted octanol–water partition coefficient (Wildman–Crippen LogP) is 1.37. The van der Waals surface area contributed by atoms with Crippen LogP contribution in [0.1, 0.15) is 22.0 Å². The van der Waals surface area contributed by atoms with Crippen LogP contribution in [0.25, 0.3) is 0 Å². The van der Waals surface area contributed by atoms with Crippen LogP contribution in [-0.4, -0.2) is 45.3 Å². The van der Waals surface area contributed by atoms with E-state index in [2.05, 4.69) is 6.07 Å². The van der Waals surface area contributed by atoms with E-state index >= 15 is 0 Å². The van der Waals surface area contributed by atoms with Gasteiger partial charge in [-0.2, -0.15) is 5.26 Å². The van der Waals surface area contributed by atoms with E-state index in [0.29, 0.717) is 35.8 Å². The van der Waals surface area contributed by atoms with Crippen molar-refractivity contribution in [3.05, 3.63) is 23.3 Å². The van der Waals surface area contributed by atoms with Crippen molar-refractivity contribution in [1.82, 2.24) is 4.90 Å². The largest absolute Gasteiger partial charge is 0.497 e. The summed E-state index contributed by atoms with van der Waals surface area (Å²) in [6.45, 7) is 0.727. The number of ether oxygens (including phenoxy) is 3. The summed E-state index contributed by atoms with van der Waals surface area (Å²) in [4.78, 5) is 13.9. The molecule has 1 atom stereocenters. The lowest BCUT2D eigenvalue weighted by molar-refractivity contribution is 0.0692. The molecule has 1 unspecified atom stereocenters. The predicted molar refractivity (Wildman–Crippen MR) is 70.8 cm³/mol. The number of nitrogens with zero attached hydrogens (tertiary/aromatic N) is 2. The second-order valence-electron chi connectivity index (χ2n) is 4.31. The first-order valence-electron chi connectivity index (χ1n) is 6.13. The first-order chi connectivity index (χ1) is 9.67. The van der Waals surface area contributed by atoms with E-state index in [1.165, 1.54) is 19.1 Å². The minimum Gasteiger partial charge on any atom is -0.497 e. The van der Waals surface area contributed by atoms with Gasteiger partial charge in [0, 0.05) is 25.3 Å². The standard InChI is InChI=1S/C14H16N2O4/c1-18-5-4-16-11(8-15)13-10(14(16)17)6-9(19-2)7-12(13)20-3/h6-7,11H,4-5H2,1-3H3. The van der Waals surface area contributed by atoms with E-state index < -0.39 is 6.04 Å². The van der Waals surface area contributed by atoms with Gasteiger partial charge in [-0.1, -0.05) is 0 Å².